The van der Waals surface area contributed by atoms with Gasteiger partial charge in [0.25, 0.3) is 0 Å². The molecule has 0 fully saturated rings. The Morgan fingerprint density at radius 3 is 2.47 bits per heavy atom. The Balaban J connectivity index is 1.89. The van der Waals surface area contributed by atoms with E-state index in [-0.39, 0.29) is 6.03 Å². The van der Waals surface area contributed by atoms with Gasteiger partial charge in [0.2, 0.25) is 0 Å². The predicted octanol–water partition coefficient (Wildman–Crippen LogP) is 3.80. The van der Waals surface area contributed by atoms with E-state index in [1.54, 1.807) is 12.1 Å². The van der Waals surface area contributed by atoms with Crippen LogP contribution in [0.4, 0.5) is 16.2 Å². The monoisotopic (exact) mass is 275 g/mol. The number of carbonyl (C=O) groups excluding carboxylic acids is 1. The quantitative estimate of drug-likeness (QED) is 0.747. The van der Waals surface area contributed by atoms with Crippen LogP contribution in [0.2, 0.25) is 5.02 Å². The van der Waals surface area contributed by atoms with E-state index in [1.807, 2.05) is 43.3 Å². The maximum Gasteiger partial charge on any atom is 0.337 e. The summed E-state index contributed by atoms with van der Waals surface area (Å²) in [5, 5.41) is 3.30. The van der Waals surface area contributed by atoms with Crippen LogP contribution < -0.4 is 16.2 Å². The van der Waals surface area contributed by atoms with Crippen LogP contribution in [0.25, 0.3) is 0 Å². The van der Waals surface area contributed by atoms with Crippen LogP contribution in [-0.2, 0) is 0 Å². The molecule has 2 aromatic rings. The number of carbonyl (C=O) groups is 1. The van der Waals surface area contributed by atoms with Gasteiger partial charge < -0.3 is 5.32 Å². The maximum absolute atomic E-state index is 11.7. The number of benzene rings is 2. The lowest BCUT2D eigenvalue weighted by Crippen LogP contribution is -2.33. The summed E-state index contributed by atoms with van der Waals surface area (Å²) in [5.74, 6) is 0. The number of nitrogens with one attached hydrogen (secondary N) is 3. The highest BCUT2D eigenvalue weighted by Gasteiger charge is 2.02. The van der Waals surface area contributed by atoms with E-state index in [1.165, 1.54) is 0 Å². The number of anilines is 2. The second-order valence-corrected chi connectivity index (χ2v) is 4.44. The topological polar surface area (TPSA) is 53.2 Å². The third-order valence-corrected chi connectivity index (χ3v) is 2.93. The SMILES string of the molecule is Cc1ccc(NC(=O)NNc2ccccc2)cc1Cl. The van der Waals surface area contributed by atoms with Crippen molar-refractivity contribution in [1.82, 2.24) is 5.43 Å². The fraction of sp³-hybridized carbons (Fsp3) is 0.0714. The number of halogens is 1. The smallest absolute Gasteiger partial charge is 0.307 e. The highest BCUT2D eigenvalue weighted by Crippen LogP contribution is 2.19. The lowest BCUT2D eigenvalue weighted by molar-refractivity contribution is 0.254. The van der Waals surface area contributed by atoms with Crippen molar-refractivity contribution in [3.05, 3.63) is 59.1 Å². The molecular formula is C14H14ClN3O. The molecule has 5 heteroatoms. The van der Waals surface area contributed by atoms with Crippen LogP contribution in [0.5, 0.6) is 0 Å². The molecule has 0 saturated heterocycles. The van der Waals surface area contributed by atoms with Crippen molar-refractivity contribution in [1.29, 1.82) is 0 Å². The van der Waals surface area contributed by atoms with Gasteiger partial charge in [-0.25, -0.2) is 4.79 Å². The number of aryl methyl sites for hydroxylation is 1. The average Bonchev–Trinajstić information content (AvgIpc) is 2.42. The minimum absolute atomic E-state index is 0.358. The van der Waals surface area contributed by atoms with Gasteiger partial charge in [0.1, 0.15) is 0 Å². The Kier molecular flexibility index (Phi) is 4.26. The Bertz CT molecular complexity index is 572. The lowest BCUT2D eigenvalue weighted by Gasteiger charge is -2.10. The molecule has 0 aliphatic heterocycles. The van der Waals surface area contributed by atoms with E-state index in [0.717, 1.165) is 11.3 Å². The van der Waals surface area contributed by atoms with E-state index < -0.39 is 0 Å². The minimum atomic E-state index is -0.358. The van der Waals surface area contributed by atoms with Crippen molar-refractivity contribution < 1.29 is 4.79 Å². The van der Waals surface area contributed by atoms with Crippen LogP contribution in [0.15, 0.2) is 48.5 Å². The second-order valence-electron chi connectivity index (χ2n) is 4.03. The van der Waals surface area contributed by atoms with Crippen LogP contribution >= 0.6 is 11.6 Å². The largest absolute Gasteiger partial charge is 0.337 e. The number of rotatable bonds is 3. The highest BCUT2D eigenvalue weighted by atomic mass is 35.5. The molecule has 0 aliphatic carbocycles. The molecule has 3 N–H and O–H groups in total. The van der Waals surface area contributed by atoms with Crippen LogP contribution in [-0.4, -0.2) is 6.03 Å². The van der Waals surface area contributed by atoms with Gasteiger partial charge in [0.15, 0.2) is 0 Å². The van der Waals surface area contributed by atoms with Crippen molar-refractivity contribution >= 4 is 29.0 Å². The summed E-state index contributed by atoms with van der Waals surface area (Å²) in [5.41, 5.74) is 7.75. The molecule has 98 valence electrons. The molecule has 0 radical (unpaired) electrons. The summed E-state index contributed by atoms with van der Waals surface area (Å²) in [6.45, 7) is 1.91. The molecule has 0 unspecified atom stereocenters. The van der Waals surface area contributed by atoms with E-state index in [9.17, 15) is 4.79 Å². The third-order valence-electron chi connectivity index (χ3n) is 2.52. The first kappa shape index (κ1) is 13.2. The van der Waals surface area contributed by atoms with Crippen LogP contribution in [0.3, 0.4) is 0 Å². The lowest BCUT2D eigenvalue weighted by atomic mass is 10.2. The molecular weight excluding hydrogens is 262 g/mol. The van der Waals surface area contributed by atoms with Gasteiger partial charge >= 0.3 is 6.03 Å². The fourth-order valence-electron chi connectivity index (χ4n) is 1.48. The number of urea groups is 1. The van der Waals surface area contributed by atoms with E-state index in [0.29, 0.717) is 10.7 Å². The van der Waals surface area contributed by atoms with Gasteiger partial charge in [-0.05, 0) is 36.8 Å². The molecule has 4 nitrogen and oxygen atoms in total. The first-order valence-electron chi connectivity index (χ1n) is 5.79. The molecule has 2 rings (SSSR count). The number of para-hydroxylation sites is 1. The Labute approximate surface area is 116 Å². The molecule has 0 aliphatic rings. The summed E-state index contributed by atoms with van der Waals surface area (Å²) < 4.78 is 0. The predicted molar refractivity (Wildman–Crippen MR) is 78.4 cm³/mol. The molecule has 0 atom stereocenters. The Hall–Kier alpha value is -2.20. The molecule has 2 aromatic carbocycles. The summed E-state index contributed by atoms with van der Waals surface area (Å²) in [7, 11) is 0. The normalized spacial score (nSPS) is 9.79. The first-order valence-corrected chi connectivity index (χ1v) is 6.17. The molecule has 0 aromatic heterocycles. The Morgan fingerprint density at radius 2 is 1.79 bits per heavy atom. The first-order chi connectivity index (χ1) is 9.15. The standard InChI is InChI=1S/C14H14ClN3O/c1-10-7-8-12(9-13(10)15)16-14(19)18-17-11-5-3-2-4-6-11/h2-9,17H,1H3,(H2,16,18,19). The third kappa shape index (κ3) is 3.89. The number of amides is 2. The number of hydrogen-bond acceptors (Lipinski definition) is 2. The van der Waals surface area contributed by atoms with Gasteiger partial charge in [-0.3, -0.25) is 10.9 Å². The highest BCUT2D eigenvalue weighted by molar-refractivity contribution is 6.31. The van der Waals surface area contributed by atoms with E-state index >= 15 is 0 Å². The Morgan fingerprint density at radius 1 is 1.05 bits per heavy atom. The van der Waals surface area contributed by atoms with E-state index in [2.05, 4.69) is 16.2 Å². The van der Waals surface area contributed by atoms with Crippen molar-refractivity contribution in [2.75, 3.05) is 10.7 Å². The molecule has 0 spiro atoms. The molecule has 19 heavy (non-hydrogen) atoms. The van der Waals surface area contributed by atoms with E-state index in [4.69, 9.17) is 11.6 Å². The minimum Gasteiger partial charge on any atom is -0.307 e. The average molecular weight is 276 g/mol. The second kappa shape index (κ2) is 6.11. The molecule has 0 saturated carbocycles. The summed E-state index contributed by atoms with van der Waals surface area (Å²) in [6.07, 6.45) is 0. The van der Waals surface area contributed by atoms with Crippen molar-refractivity contribution in [2.45, 2.75) is 6.92 Å². The van der Waals surface area contributed by atoms with Crippen molar-refractivity contribution in [2.24, 2.45) is 0 Å². The summed E-state index contributed by atoms with van der Waals surface area (Å²) in [4.78, 5) is 11.7. The number of hydrogen-bond donors (Lipinski definition) is 3. The van der Waals surface area contributed by atoms with Gasteiger partial charge in [-0.1, -0.05) is 35.9 Å². The zero-order chi connectivity index (χ0) is 13.7. The molecule has 0 heterocycles. The zero-order valence-corrected chi connectivity index (χ0v) is 11.2. The molecule has 0 bridgehead atoms. The van der Waals surface area contributed by atoms with Crippen LogP contribution in [0.1, 0.15) is 5.56 Å². The number of hydrazine groups is 1. The van der Waals surface area contributed by atoms with Gasteiger partial charge in [-0.15, -0.1) is 0 Å². The van der Waals surface area contributed by atoms with Crippen molar-refractivity contribution in [3.63, 3.8) is 0 Å². The summed E-state index contributed by atoms with van der Waals surface area (Å²) in [6, 6.07) is 14.4. The summed E-state index contributed by atoms with van der Waals surface area (Å²) >= 11 is 5.98. The molecule has 2 amide bonds. The van der Waals surface area contributed by atoms with Gasteiger partial charge in [0.05, 0.1) is 5.69 Å². The van der Waals surface area contributed by atoms with Crippen molar-refractivity contribution in [3.8, 4) is 0 Å². The zero-order valence-electron chi connectivity index (χ0n) is 10.4. The maximum atomic E-state index is 11.7. The van der Waals surface area contributed by atoms with Gasteiger partial charge in [0, 0.05) is 10.7 Å². The van der Waals surface area contributed by atoms with Crippen LogP contribution in [0, 0.1) is 6.92 Å². The van der Waals surface area contributed by atoms with Gasteiger partial charge in [-0.2, -0.15) is 0 Å². The fourth-order valence-corrected chi connectivity index (χ4v) is 1.66.